The lowest BCUT2D eigenvalue weighted by Gasteiger charge is -2.53. The van der Waals surface area contributed by atoms with E-state index in [1.54, 1.807) is 18.2 Å². The standard InChI is InChI=1S/C20H24O4/c1-23-19(21)15-4-2-3-12(6-15)11-24-20(22)18-16-7-13-5-14(9-16)10-17(18)8-13/h2-4,6,13-14,16-18H,5,7-11H2,1H3. The zero-order valence-corrected chi connectivity index (χ0v) is 14.1. The highest BCUT2D eigenvalue weighted by Gasteiger charge is 2.51. The first-order chi connectivity index (χ1) is 11.6. The molecule has 128 valence electrons. The number of benzene rings is 1. The zero-order chi connectivity index (χ0) is 16.7. The number of carbonyl (C=O) groups is 2. The van der Waals surface area contributed by atoms with Crippen LogP contribution in [0.2, 0.25) is 0 Å². The Bertz CT molecular complexity index is 623. The van der Waals surface area contributed by atoms with Crippen molar-refractivity contribution in [1.29, 1.82) is 0 Å². The van der Waals surface area contributed by atoms with E-state index in [4.69, 9.17) is 9.47 Å². The maximum Gasteiger partial charge on any atom is 0.337 e. The summed E-state index contributed by atoms with van der Waals surface area (Å²) in [6.07, 6.45) is 6.24. The summed E-state index contributed by atoms with van der Waals surface area (Å²) in [6.45, 7) is 0.229. The van der Waals surface area contributed by atoms with Crippen LogP contribution < -0.4 is 0 Å². The molecule has 4 fully saturated rings. The summed E-state index contributed by atoms with van der Waals surface area (Å²) in [4.78, 5) is 24.3. The molecule has 0 heterocycles. The number of methoxy groups -OCH3 is 1. The van der Waals surface area contributed by atoms with Crippen molar-refractivity contribution < 1.29 is 19.1 Å². The minimum absolute atomic E-state index is 0.0349. The van der Waals surface area contributed by atoms with Gasteiger partial charge in [0.05, 0.1) is 18.6 Å². The molecular formula is C20H24O4. The Morgan fingerprint density at radius 3 is 2.33 bits per heavy atom. The second kappa shape index (κ2) is 6.23. The maximum atomic E-state index is 12.7. The maximum absolute atomic E-state index is 12.7. The van der Waals surface area contributed by atoms with E-state index in [0.717, 1.165) is 17.4 Å². The molecule has 0 aromatic heterocycles. The third kappa shape index (κ3) is 2.83. The van der Waals surface area contributed by atoms with Crippen molar-refractivity contribution in [3.8, 4) is 0 Å². The van der Waals surface area contributed by atoms with Crippen LogP contribution in [0.4, 0.5) is 0 Å². The first kappa shape index (κ1) is 15.7. The van der Waals surface area contributed by atoms with Crippen molar-refractivity contribution in [3.63, 3.8) is 0 Å². The van der Waals surface area contributed by atoms with Crippen LogP contribution in [0.25, 0.3) is 0 Å². The lowest BCUT2D eigenvalue weighted by Crippen LogP contribution is -2.48. The Hall–Kier alpha value is -1.84. The Morgan fingerprint density at radius 1 is 1.04 bits per heavy atom. The van der Waals surface area contributed by atoms with E-state index in [9.17, 15) is 9.59 Å². The van der Waals surface area contributed by atoms with Gasteiger partial charge in [0.25, 0.3) is 0 Å². The molecule has 0 saturated heterocycles. The molecule has 0 radical (unpaired) electrons. The topological polar surface area (TPSA) is 52.6 Å². The first-order valence-electron chi connectivity index (χ1n) is 8.98. The molecular weight excluding hydrogens is 304 g/mol. The summed E-state index contributed by atoms with van der Waals surface area (Å²) in [5.41, 5.74) is 1.32. The lowest BCUT2D eigenvalue weighted by molar-refractivity contribution is -0.163. The van der Waals surface area contributed by atoms with Crippen LogP contribution in [-0.2, 0) is 20.9 Å². The third-order valence-electron chi connectivity index (χ3n) is 6.23. The largest absolute Gasteiger partial charge is 0.465 e. The van der Waals surface area contributed by atoms with Gasteiger partial charge in [-0.2, -0.15) is 0 Å². The van der Waals surface area contributed by atoms with Crippen LogP contribution in [-0.4, -0.2) is 19.0 Å². The van der Waals surface area contributed by atoms with E-state index < -0.39 is 0 Å². The highest BCUT2D eigenvalue weighted by atomic mass is 16.5. The first-order valence-corrected chi connectivity index (χ1v) is 8.98. The van der Waals surface area contributed by atoms with E-state index in [2.05, 4.69) is 0 Å². The highest BCUT2D eigenvalue weighted by molar-refractivity contribution is 5.89. The lowest BCUT2D eigenvalue weighted by atomic mass is 9.52. The van der Waals surface area contributed by atoms with Gasteiger partial charge in [-0.15, -0.1) is 0 Å². The van der Waals surface area contributed by atoms with Crippen LogP contribution >= 0.6 is 0 Å². The number of esters is 2. The summed E-state index contributed by atoms with van der Waals surface area (Å²) < 4.78 is 10.4. The van der Waals surface area contributed by atoms with Crippen molar-refractivity contribution in [2.75, 3.05) is 7.11 Å². The smallest absolute Gasteiger partial charge is 0.337 e. The van der Waals surface area contributed by atoms with Gasteiger partial charge in [0.2, 0.25) is 0 Å². The molecule has 5 rings (SSSR count). The van der Waals surface area contributed by atoms with Gasteiger partial charge >= 0.3 is 11.9 Å². The molecule has 1 aromatic carbocycles. The summed E-state index contributed by atoms with van der Waals surface area (Å²) in [6, 6.07) is 7.10. The van der Waals surface area contributed by atoms with Gasteiger partial charge in [-0.05, 0) is 73.5 Å². The molecule has 4 saturated carbocycles. The van der Waals surface area contributed by atoms with Crippen molar-refractivity contribution >= 4 is 11.9 Å². The fourth-order valence-electron chi connectivity index (χ4n) is 5.47. The number of ether oxygens (including phenoxy) is 2. The number of rotatable bonds is 4. The summed E-state index contributed by atoms with van der Waals surface area (Å²) in [7, 11) is 1.36. The minimum Gasteiger partial charge on any atom is -0.465 e. The Morgan fingerprint density at radius 2 is 1.71 bits per heavy atom. The molecule has 0 unspecified atom stereocenters. The predicted molar refractivity (Wildman–Crippen MR) is 88.1 cm³/mol. The number of hydrogen-bond acceptors (Lipinski definition) is 4. The molecule has 4 heteroatoms. The highest BCUT2D eigenvalue weighted by Crippen LogP contribution is 2.56. The van der Waals surface area contributed by atoms with Crippen LogP contribution in [0, 0.1) is 29.6 Å². The SMILES string of the molecule is COC(=O)c1cccc(COC(=O)C2C3CC4CC(C3)CC2C4)c1. The van der Waals surface area contributed by atoms with E-state index in [1.165, 1.54) is 39.2 Å². The van der Waals surface area contributed by atoms with Crippen LogP contribution in [0.1, 0.15) is 48.0 Å². The quantitative estimate of drug-likeness (QED) is 0.793. The van der Waals surface area contributed by atoms with Gasteiger partial charge in [0.15, 0.2) is 0 Å². The fraction of sp³-hybridized carbons (Fsp3) is 0.600. The minimum atomic E-state index is -0.371. The van der Waals surface area contributed by atoms with Crippen LogP contribution in [0.3, 0.4) is 0 Å². The zero-order valence-electron chi connectivity index (χ0n) is 14.1. The van der Waals surface area contributed by atoms with E-state index >= 15 is 0 Å². The van der Waals surface area contributed by atoms with E-state index in [0.29, 0.717) is 17.4 Å². The molecule has 4 bridgehead atoms. The molecule has 0 N–H and O–H groups in total. The second-order valence-corrected chi connectivity index (χ2v) is 7.76. The molecule has 24 heavy (non-hydrogen) atoms. The summed E-state index contributed by atoms with van der Waals surface area (Å²) >= 11 is 0. The molecule has 0 amide bonds. The summed E-state index contributed by atoms with van der Waals surface area (Å²) in [5, 5.41) is 0. The van der Waals surface area contributed by atoms with Gasteiger partial charge in [0.1, 0.15) is 6.61 Å². The number of hydrogen-bond donors (Lipinski definition) is 0. The molecule has 0 aliphatic heterocycles. The van der Waals surface area contributed by atoms with Crippen molar-refractivity contribution in [1.82, 2.24) is 0 Å². The number of carbonyl (C=O) groups excluding carboxylic acids is 2. The molecule has 1 aromatic rings. The fourth-order valence-corrected chi connectivity index (χ4v) is 5.47. The van der Waals surface area contributed by atoms with Crippen molar-refractivity contribution in [2.45, 2.75) is 38.7 Å². The Balaban J connectivity index is 1.39. The molecule has 4 aliphatic rings. The van der Waals surface area contributed by atoms with Gasteiger partial charge in [-0.3, -0.25) is 4.79 Å². The van der Waals surface area contributed by atoms with E-state index in [-0.39, 0.29) is 24.5 Å². The van der Waals surface area contributed by atoms with E-state index in [1.807, 2.05) is 6.07 Å². The van der Waals surface area contributed by atoms with Gasteiger partial charge in [0, 0.05) is 0 Å². The van der Waals surface area contributed by atoms with Gasteiger partial charge in [-0.25, -0.2) is 4.79 Å². The monoisotopic (exact) mass is 328 g/mol. The molecule has 4 nitrogen and oxygen atoms in total. The van der Waals surface area contributed by atoms with Gasteiger partial charge < -0.3 is 9.47 Å². The van der Waals surface area contributed by atoms with Crippen molar-refractivity contribution in [2.24, 2.45) is 29.6 Å². The van der Waals surface area contributed by atoms with Crippen LogP contribution in [0.5, 0.6) is 0 Å². The normalized spacial score (nSPS) is 33.3. The summed E-state index contributed by atoms with van der Waals surface area (Å²) in [5.74, 6) is 2.48. The Kier molecular flexibility index (Phi) is 4.07. The average molecular weight is 328 g/mol. The predicted octanol–water partition coefficient (Wildman–Crippen LogP) is 3.59. The molecule has 0 atom stereocenters. The molecule has 0 spiro atoms. The second-order valence-electron chi connectivity index (χ2n) is 7.76. The van der Waals surface area contributed by atoms with Gasteiger partial charge in [-0.1, -0.05) is 12.1 Å². The average Bonchev–Trinajstić information content (AvgIpc) is 2.58. The Labute approximate surface area is 142 Å². The third-order valence-corrected chi connectivity index (χ3v) is 6.23. The van der Waals surface area contributed by atoms with Crippen molar-refractivity contribution in [3.05, 3.63) is 35.4 Å². The van der Waals surface area contributed by atoms with Crippen LogP contribution in [0.15, 0.2) is 24.3 Å². The molecule has 4 aliphatic carbocycles.